The van der Waals surface area contributed by atoms with E-state index in [-0.39, 0.29) is 5.76 Å². The molecule has 2 aromatic heterocycles. The Balaban J connectivity index is 1.80. The fraction of sp³-hybridized carbons (Fsp3) is 0.143. The molecule has 2 heterocycles. The van der Waals surface area contributed by atoms with Gasteiger partial charge in [0, 0.05) is 29.3 Å². The Bertz CT molecular complexity index is 776. The number of thioether (sulfide) groups is 1. The number of aromatic carboxylic acids is 1. The highest BCUT2D eigenvalue weighted by molar-refractivity contribution is 7.98. The van der Waals surface area contributed by atoms with E-state index in [0.717, 1.165) is 21.6 Å². The third-order valence-electron chi connectivity index (χ3n) is 2.88. The smallest absolute Gasteiger partial charge is 0.371 e. The van der Waals surface area contributed by atoms with Crippen molar-refractivity contribution in [2.75, 3.05) is 0 Å². The molecule has 0 spiro atoms. The predicted molar refractivity (Wildman–Crippen MR) is 75.9 cm³/mol. The molecule has 0 bridgehead atoms. The van der Waals surface area contributed by atoms with Gasteiger partial charge < -0.3 is 9.52 Å². The average Bonchev–Trinajstić information content (AvgIpc) is 3.01. The summed E-state index contributed by atoms with van der Waals surface area (Å²) >= 11 is 1.69. The molecular formula is C14H12N2O3S. The first-order valence-electron chi connectivity index (χ1n) is 5.99. The lowest BCUT2D eigenvalue weighted by atomic mass is 10.2. The van der Waals surface area contributed by atoms with Crippen molar-refractivity contribution in [1.29, 1.82) is 0 Å². The number of hydrogen-bond acceptors (Lipinski definition) is 4. The van der Waals surface area contributed by atoms with E-state index in [4.69, 9.17) is 9.52 Å². The molecule has 0 atom stereocenters. The lowest BCUT2D eigenvalue weighted by Gasteiger charge is -1.99. The van der Waals surface area contributed by atoms with Crippen LogP contribution in [0.3, 0.4) is 0 Å². The summed E-state index contributed by atoms with van der Waals surface area (Å²) in [5.74, 6) is -0.278. The number of benzene rings is 1. The molecule has 0 aliphatic heterocycles. The number of rotatable bonds is 4. The Morgan fingerprint density at radius 1 is 1.45 bits per heavy atom. The van der Waals surface area contributed by atoms with Crippen molar-refractivity contribution in [3.8, 4) is 0 Å². The Hall–Kier alpha value is -2.21. The van der Waals surface area contributed by atoms with Gasteiger partial charge in [-0.1, -0.05) is 6.07 Å². The largest absolute Gasteiger partial charge is 0.475 e. The molecule has 0 radical (unpaired) electrons. The van der Waals surface area contributed by atoms with Gasteiger partial charge in [-0.3, -0.25) is 4.68 Å². The van der Waals surface area contributed by atoms with Crippen molar-refractivity contribution in [2.24, 2.45) is 7.05 Å². The molecule has 0 unspecified atom stereocenters. The highest BCUT2D eigenvalue weighted by Gasteiger charge is 2.10. The van der Waals surface area contributed by atoms with Crippen molar-refractivity contribution in [3.63, 3.8) is 0 Å². The summed E-state index contributed by atoms with van der Waals surface area (Å²) in [5.41, 5.74) is 1.71. The summed E-state index contributed by atoms with van der Waals surface area (Å²) in [4.78, 5) is 12.0. The van der Waals surface area contributed by atoms with E-state index >= 15 is 0 Å². The Morgan fingerprint density at radius 2 is 2.30 bits per heavy atom. The quantitative estimate of drug-likeness (QED) is 0.747. The van der Waals surface area contributed by atoms with Gasteiger partial charge in [-0.2, -0.15) is 5.10 Å². The highest BCUT2D eigenvalue weighted by Crippen LogP contribution is 2.26. The first-order chi connectivity index (χ1) is 9.61. The third kappa shape index (κ3) is 2.55. The van der Waals surface area contributed by atoms with Crippen molar-refractivity contribution in [2.45, 2.75) is 10.6 Å². The molecular weight excluding hydrogens is 276 g/mol. The van der Waals surface area contributed by atoms with Crippen LogP contribution in [-0.4, -0.2) is 20.9 Å². The van der Waals surface area contributed by atoms with Crippen molar-refractivity contribution in [3.05, 3.63) is 48.0 Å². The summed E-state index contributed by atoms with van der Waals surface area (Å²) in [6, 6.07) is 7.26. The molecule has 0 aliphatic rings. The van der Waals surface area contributed by atoms with E-state index in [9.17, 15) is 4.79 Å². The topological polar surface area (TPSA) is 68.3 Å². The second kappa shape index (κ2) is 5.05. The van der Waals surface area contributed by atoms with Gasteiger partial charge in [0.15, 0.2) is 0 Å². The average molecular weight is 288 g/mol. The summed E-state index contributed by atoms with van der Waals surface area (Å²) in [6.07, 6.45) is 3.78. The van der Waals surface area contributed by atoms with Crippen LogP contribution in [0.4, 0.5) is 0 Å². The predicted octanol–water partition coefficient (Wildman–Crippen LogP) is 3.16. The number of carbonyl (C=O) groups is 1. The zero-order valence-electron chi connectivity index (χ0n) is 10.7. The molecule has 0 saturated heterocycles. The maximum absolute atomic E-state index is 10.9. The number of hydrogen-bond donors (Lipinski definition) is 1. The number of carboxylic acid groups (broad SMARTS) is 1. The molecule has 0 fully saturated rings. The van der Waals surface area contributed by atoms with E-state index in [1.165, 1.54) is 0 Å². The number of nitrogens with zero attached hydrogens (tertiary/aromatic N) is 2. The molecule has 1 aromatic carbocycles. The lowest BCUT2D eigenvalue weighted by Crippen LogP contribution is -1.91. The van der Waals surface area contributed by atoms with E-state index in [2.05, 4.69) is 5.10 Å². The van der Waals surface area contributed by atoms with E-state index in [0.29, 0.717) is 5.58 Å². The Morgan fingerprint density at radius 3 is 3.00 bits per heavy atom. The van der Waals surface area contributed by atoms with Gasteiger partial charge in [-0.25, -0.2) is 4.79 Å². The molecule has 1 N–H and O–H groups in total. The summed E-state index contributed by atoms with van der Waals surface area (Å²) in [7, 11) is 1.88. The van der Waals surface area contributed by atoms with Crippen molar-refractivity contribution < 1.29 is 14.3 Å². The molecule has 0 amide bonds. The summed E-state index contributed by atoms with van der Waals surface area (Å²) in [6.45, 7) is 0. The SMILES string of the molecule is Cn1cc(SCc2ccc3oc(C(=O)O)cc3c2)cn1. The van der Waals surface area contributed by atoms with Crippen LogP contribution in [-0.2, 0) is 12.8 Å². The van der Waals surface area contributed by atoms with Gasteiger partial charge in [-0.15, -0.1) is 11.8 Å². The summed E-state index contributed by atoms with van der Waals surface area (Å²) < 4.78 is 7.00. The van der Waals surface area contributed by atoms with E-state index in [1.54, 1.807) is 28.6 Å². The Labute approximate surface area is 119 Å². The minimum Gasteiger partial charge on any atom is -0.475 e. The number of aryl methyl sites for hydroxylation is 1. The van der Waals surface area contributed by atoms with E-state index in [1.807, 2.05) is 31.6 Å². The lowest BCUT2D eigenvalue weighted by molar-refractivity contribution is 0.0665. The molecule has 0 aliphatic carbocycles. The minimum atomic E-state index is -1.05. The van der Waals surface area contributed by atoms with Gasteiger partial charge in [0.25, 0.3) is 0 Å². The molecule has 3 aromatic rings. The van der Waals surface area contributed by atoms with Crippen LogP contribution in [0.15, 0.2) is 46.0 Å². The maximum Gasteiger partial charge on any atom is 0.371 e. The first kappa shape index (κ1) is 12.8. The van der Waals surface area contributed by atoms with Gasteiger partial charge in [-0.05, 0) is 23.8 Å². The second-order valence-corrected chi connectivity index (χ2v) is 5.48. The number of fused-ring (bicyclic) bond motifs is 1. The standard InChI is InChI=1S/C14H12N2O3S/c1-16-7-11(6-15-16)20-8-9-2-3-12-10(4-9)5-13(19-12)14(17)18/h2-7H,8H2,1H3,(H,17,18). The zero-order valence-corrected chi connectivity index (χ0v) is 11.6. The van der Waals surface area contributed by atoms with Gasteiger partial charge in [0.1, 0.15) is 5.58 Å². The summed E-state index contributed by atoms with van der Waals surface area (Å²) in [5, 5.41) is 13.8. The van der Waals surface area contributed by atoms with Crippen molar-refractivity contribution >= 4 is 28.7 Å². The zero-order chi connectivity index (χ0) is 14.1. The molecule has 3 rings (SSSR count). The minimum absolute atomic E-state index is 0.0305. The first-order valence-corrected chi connectivity index (χ1v) is 6.97. The highest BCUT2D eigenvalue weighted by atomic mass is 32.2. The van der Waals surface area contributed by atoms with Crippen LogP contribution in [0.25, 0.3) is 11.0 Å². The van der Waals surface area contributed by atoms with Gasteiger partial charge in [0.05, 0.1) is 6.20 Å². The van der Waals surface area contributed by atoms with Crippen LogP contribution in [0.1, 0.15) is 16.1 Å². The normalized spacial score (nSPS) is 11.1. The van der Waals surface area contributed by atoms with Crippen LogP contribution in [0.2, 0.25) is 0 Å². The monoisotopic (exact) mass is 288 g/mol. The number of aromatic nitrogens is 2. The molecule has 102 valence electrons. The molecule has 20 heavy (non-hydrogen) atoms. The molecule has 5 nitrogen and oxygen atoms in total. The third-order valence-corrected chi connectivity index (χ3v) is 3.90. The Kier molecular flexibility index (Phi) is 3.23. The van der Waals surface area contributed by atoms with E-state index < -0.39 is 5.97 Å². The fourth-order valence-corrected chi connectivity index (χ4v) is 2.79. The molecule has 6 heteroatoms. The van der Waals surface area contributed by atoms with Crippen LogP contribution < -0.4 is 0 Å². The van der Waals surface area contributed by atoms with Crippen LogP contribution in [0.5, 0.6) is 0 Å². The second-order valence-electron chi connectivity index (χ2n) is 4.43. The van der Waals surface area contributed by atoms with Gasteiger partial charge in [0.2, 0.25) is 5.76 Å². The van der Waals surface area contributed by atoms with Crippen molar-refractivity contribution in [1.82, 2.24) is 9.78 Å². The number of furan rings is 1. The van der Waals surface area contributed by atoms with Crippen LogP contribution >= 0.6 is 11.8 Å². The fourth-order valence-electron chi connectivity index (χ4n) is 1.93. The van der Waals surface area contributed by atoms with Crippen LogP contribution in [0, 0.1) is 0 Å². The number of carboxylic acids is 1. The molecule has 0 saturated carbocycles. The maximum atomic E-state index is 10.9. The van der Waals surface area contributed by atoms with Gasteiger partial charge >= 0.3 is 5.97 Å².